The van der Waals surface area contributed by atoms with Crippen molar-refractivity contribution >= 4 is 7.52 Å². The molecule has 0 aliphatic heterocycles. The Morgan fingerprint density at radius 1 is 1.42 bits per heavy atom. The number of rotatable bonds is 5. The summed E-state index contributed by atoms with van der Waals surface area (Å²) in [5, 5.41) is 2.75. The van der Waals surface area contributed by atoms with Crippen LogP contribution in [0.5, 0.6) is 0 Å². The number of hydrogen-bond acceptors (Lipinski definition) is 1. The van der Waals surface area contributed by atoms with E-state index in [1.807, 2.05) is 27.7 Å². The van der Waals surface area contributed by atoms with Crippen molar-refractivity contribution in [3.8, 4) is 0 Å². The molecule has 0 rings (SSSR count). The average Bonchev–Trinajstić information content (AvgIpc) is 1.83. The van der Waals surface area contributed by atoms with Gasteiger partial charge >= 0.3 is 0 Å². The molecule has 2 unspecified atom stereocenters. The highest BCUT2D eigenvalue weighted by atomic mass is 31.2. The highest BCUT2D eigenvalue weighted by molar-refractivity contribution is 7.55. The van der Waals surface area contributed by atoms with Gasteiger partial charge in [-0.05, 0) is 19.3 Å². The Morgan fingerprint density at radius 2 is 1.92 bits per heavy atom. The fraction of sp³-hybridized carbons (Fsp3) is 1.00. The quantitative estimate of drug-likeness (QED) is 0.658. The fourth-order valence-corrected chi connectivity index (χ4v) is 2.95. The monoisotopic (exact) mass is 193 g/mol. The maximum atomic E-state index is 11.4. The van der Waals surface area contributed by atoms with Gasteiger partial charge in [0.05, 0.1) is 0 Å². The summed E-state index contributed by atoms with van der Waals surface area (Å²) >= 11 is 0. The molecule has 0 spiro atoms. The Hall–Kier alpha value is 0.150. The first-order valence-electron chi connectivity index (χ1n) is 4.47. The van der Waals surface area contributed by atoms with Gasteiger partial charge in [0.2, 0.25) is 0 Å². The predicted molar refractivity (Wildman–Crippen MR) is 52.4 cm³/mol. The number of nitrogens with one attached hydrogen (secondary N) is 1. The third kappa shape index (κ3) is 5.76. The molecule has 2 N–H and O–H groups in total. The first-order valence-corrected chi connectivity index (χ1v) is 6.31. The Labute approximate surface area is 75.1 Å². The van der Waals surface area contributed by atoms with Gasteiger partial charge in [0.1, 0.15) is 0 Å². The first-order chi connectivity index (χ1) is 5.37. The third-order valence-electron chi connectivity index (χ3n) is 1.65. The van der Waals surface area contributed by atoms with Crippen LogP contribution in [0.2, 0.25) is 0 Å². The van der Waals surface area contributed by atoms with E-state index in [2.05, 4.69) is 5.09 Å². The molecule has 0 amide bonds. The van der Waals surface area contributed by atoms with Crippen LogP contribution in [0.3, 0.4) is 0 Å². The van der Waals surface area contributed by atoms with E-state index in [1.54, 1.807) is 0 Å². The maximum absolute atomic E-state index is 11.4. The third-order valence-corrected chi connectivity index (χ3v) is 3.72. The van der Waals surface area contributed by atoms with Gasteiger partial charge in [-0.1, -0.05) is 20.8 Å². The molecular weight excluding hydrogens is 173 g/mol. The van der Waals surface area contributed by atoms with Gasteiger partial charge in [0, 0.05) is 12.2 Å². The van der Waals surface area contributed by atoms with Crippen molar-refractivity contribution in [3.63, 3.8) is 0 Å². The molecule has 0 heterocycles. The molecule has 0 aromatic rings. The molecule has 0 aliphatic carbocycles. The molecule has 12 heavy (non-hydrogen) atoms. The lowest BCUT2D eigenvalue weighted by Gasteiger charge is -2.19. The van der Waals surface area contributed by atoms with Gasteiger partial charge in [0.25, 0.3) is 7.52 Å². The Morgan fingerprint density at radius 3 is 2.25 bits per heavy atom. The van der Waals surface area contributed by atoms with Crippen LogP contribution in [0.25, 0.3) is 0 Å². The molecule has 3 nitrogen and oxygen atoms in total. The molecule has 0 saturated heterocycles. The molecule has 0 saturated carbocycles. The molecule has 0 bridgehead atoms. The zero-order valence-electron chi connectivity index (χ0n) is 8.37. The predicted octanol–water partition coefficient (Wildman–Crippen LogP) is 2.22. The lowest BCUT2D eigenvalue weighted by Crippen LogP contribution is -2.24. The molecule has 0 radical (unpaired) electrons. The highest BCUT2D eigenvalue weighted by Crippen LogP contribution is 2.38. The fourth-order valence-electron chi connectivity index (χ4n) is 0.983. The summed E-state index contributed by atoms with van der Waals surface area (Å²) in [5.74, 6) is 0.261. The Bertz CT molecular complexity index is 170. The van der Waals surface area contributed by atoms with Gasteiger partial charge in [-0.15, -0.1) is 0 Å². The summed E-state index contributed by atoms with van der Waals surface area (Å²) in [6, 6.07) is 0.125. The van der Waals surface area contributed by atoms with Gasteiger partial charge in [-0.25, -0.2) is 5.09 Å². The zero-order chi connectivity index (χ0) is 9.78. The van der Waals surface area contributed by atoms with Gasteiger partial charge in [0.15, 0.2) is 0 Å². The van der Waals surface area contributed by atoms with Crippen LogP contribution in [0, 0.1) is 5.92 Å². The Balaban J connectivity index is 3.95. The van der Waals surface area contributed by atoms with Crippen LogP contribution < -0.4 is 5.09 Å². The second-order valence-corrected chi connectivity index (χ2v) is 5.74. The summed E-state index contributed by atoms with van der Waals surface area (Å²) in [6.07, 6.45) is 1.24. The second kappa shape index (κ2) is 5.00. The smallest absolute Gasteiger partial charge is 0.267 e. The van der Waals surface area contributed by atoms with E-state index in [1.165, 1.54) is 0 Å². The minimum absolute atomic E-state index is 0.125. The van der Waals surface area contributed by atoms with E-state index < -0.39 is 7.52 Å². The highest BCUT2D eigenvalue weighted by Gasteiger charge is 2.20. The molecular formula is C8H20NO2P. The molecule has 74 valence electrons. The SMILES string of the molecule is CCC(C)NP(=O)(O)CC(C)C. The maximum Gasteiger partial charge on any atom is 0.267 e. The van der Waals surface area contributed by atoms with E-state index in [-0.39, 0.29) is 12.0 Å². The standard InChI is InChI=1S/C8H20NO2P/c1-5-8(4)9-12(10,11)6-7(2)3/h7-8H,5-6H2,1-4H3,(H2,9,10,11). The molecule has 4 heteroatoms. The molecule has 2 atom stereocenters. The van der Waals surface area contributed by atoms with Crippen molar-refractivity contribution in [1.29, 1.82) is 0 Å². The Kier molecular flexibility index (Phi) is 5.07. The van der Waals surface area contributed by atoms with Crippen molar-refractivity contribution in [1.82, 2.24) is 5.09 Å². The van der Waals surface area contributed by atoms with Crippen LogP contribution in [0.1, 0.15) is 34.1 Å². The van der Waals surface area contributed by atoms with E-state index in [9.17, 15) is 9.46 Å². The van der Waals surface area contributed by atoms with Crippen molar-refractivity contribution in [2.45, 2.75) is 40.2 Å². The first kappa shape index (κ1) is 12.2. The van der Waals surface area contributed by atoms with Crippen molar-refractivity contribution < 1.29 is 9.46 Å². The van der Waals surface area contributed by atoms with Crippen LogP contribution in [-0.2, 0) is 4.57 Å². The van der Waals surface area contributed by atoms with Gasteiger partial charge in [-0.3, -0.25) is 4.57 Å². The lowest BCUT2D eigenvalue weighted by molar-refractivity contribution is 0.440. The molecule has 0 aliphatic rings. The normalized spacial score (nSPS) is 19.2. The van der Waals surface area contributed by atoms with Gasteiger partial charge in [-0.2, -0.15) is 0 Å². The molecule has 0 aromatic heterocycles. The van der Waals surface area contributed by atoms with Crippen LogP contribution in [0.4, 0.5) is 0 Å². The van der Waals surface area contributed by atoms with Crippen molar-refractivity contribution in [2.75, 3.05) is 6.16 Å². The summed E-state index contributed by atoms with van der Waals surface area (Å²) in [7, 11) is -3.07. The van der Waals surface area contributed by atoms with Crippen LogP contribution in [0.15, 0.2) is 0 Å². The topological polar surface area (TPSA) is 49.3 Å². The summed E-state index contributed by atoms with van der Waals surface area (Å²) in [6.45, 7) is 7.80. The van der Waals surface area contributed by atoms with Gasteiger partial charge < -0.3 is 4.89 Å². The largest absolute Gasteiger partial charge is 0.333 e. The summed E-state index contributed by atoms with van der Waals surface area (Å²) in [4.78, 5) is 9.43. The molecule has 0 fully saturated rings. The van der Waals surface area contributed by atoms with Crippen LogP contribution >= 0.6 is 7.52 Å². The van der Waals surface area contributed by atoms with E-state index in [0.29, 0.717) is 6.16 Å². The molecule has 0 aromatic carbocycles. The van der Waals surface area contributed by atoms with Crippen molar-refractivity contribution in [3.05, 3.63) is 0 Å². The van der Waals surface area contributed by atoms with Crippen molar-refractivity contribution in [2.24, 2.45) is 5.92 Å². The average molecular weight is 193 g/mol. The number of hydrogen-bond donors (Lipinski definition) is 2. The summed E-state index contributed by atoms with van der Waals surface area (Å²) in [5.41, 5.74) is 0. The van der Waals surface area contributed by atoms with Crippen LogP contribution in [-0.4, -0.2) is 17.1 Å². The summed E-state index contributed by atoms with van der Waals surface area (Å²) < 4.78 is 11.4. The van der Waals surface area contributed by atoms with E-state index in [0.717, 1.165) is 6.42 Å². The zero-order valence-corrected chi connectivity index (χ0v) is 9.27. The second-order valence-electron chi connectivity index (χ2n) is 3.72. The van der Waals surface area contributed by atoms with E-state index in [4.69, 9.17) is 0 Å². The minimum Gasteiger partial charge on any atom is -0.333 e. The minimum atomic E-state index is -3.07. The lowest BCUT2D eigenvalue weighted by atomic mass is 10.3. The van der Waals surface area contributed by atoms with E-state index >= 15 is 0 Å².